The van der Waals surface area contributed by atoms with Crippen molar-refractivity contribution in [3.8, 4) is 0 Å². The highest BCUT2D eigenvalue weighted by Gasteiger charge is 2.67. The van der Waals surface area contributed by atoms with E-state index in [4.69, 9.17) is 0 Å². The van der Waals surface area contributed by atoms with Crippen molar-refractivity contribution >= 4 is 23.4 Å². The van der Waals surface area contributed by atoms with Crippen molar-refractivity contribution in [3.63, 3.8) is 0 Å². The van der Waals surface area contributed by atoms with E-state index in [2.05, 4.69) is 0 Å². The van der Waals surface area contributed by atoms with Crippen molar-refractivity contribution in [1.82, 2.24) is 4.90 Å². The molecule has 5 aliphatic rings. The van der Waals surface area contributed by atoms with Gasteiger partial charge >= 0.3 is 12.1 Å². The van der Waals surface area contributed by atoms with Gasteiger partial charge in [-0.2, -0.15) is 13.2 Å². The van der Waals surface area contributed by atoms with E-state index in [0.717, 1.165) is 11.3 Å². The van der Waals surface area contributed by atoms with Crippen molar-refractivity contribution in [2.24, 2.45) is 35.5 Å². The zero-order chi connectivity index (χ0) is 21.5. The number of para-hydroxylation sites is 1. The van der Waals surface area contributed by atoms with Crippen LogP contribution in [0.4, 0.5) is 18.9 Å². The third-order valence-electron chi connectivity index (χ3n) is 7.23. The van der Waals surface area contributed by atoms with Crippen LogP contribution < -0.4 is 4.90 Å². The van der Waals surface area contributed by atoms with Crippen molar-refractivity contribution in [2.75, 3.05) is 11.6 Å². The summed E-state index contributed by atoms with van der Waals surface area (Å²) < 4.78 is 40.2. The van der Waals surface area contributed by atoms with Gasteiger partial charge in [-0.05, 0) is 55.1 Å². The van der Waals surface area contributed by atoms with Crippen molar-refractivity contribution < 1.29 is 27.6 Å². The molecule has 2 saturated carbocycles. The molecule has 1 saturated heterocycles. The smallest absolute Gasteiger partial charge is 0.285 e. The Balaban J connectivity index is 1.51. The number of benzene rings is 1. The standard InChI is InChI=1S/C22H21F3N2O3/c1-10-4-3-5-11(2)18(10)26(21(30)22(23,24)25)9-27-19(28)16-12-6-7-13(15-8-14(12)15)17(16)20(27)29/h3-7,12-17H,8-9H2,1-2H3/t12-,13-,14-,15+,16-,17+/m1/s1. The number of aryl methyl sites for hydroxylation is 2. The van der Waals surface area contributed by atoms with Crippen LogP contribution in [0.1, 0.15) is 17.5 Å². The number of halogens is 3. The molecule has 0 radical (unpaired) electrons. The van der Waals surface area contributed by atoms with Crippen molar-refractivity contribution in [3.05, 3.63) is 41.5 Å². The molecule has 30 heavy (non-hydrogen) atoms. The third kappa shape index (κ3) is 2.58. The average molecular weight is 418 g/mol. The molecule has 6 atom stereocenters. The molecule has 2 bridgehead atoms. The van der Waals surface area contributed by atoms with Crippen LogP contribution in [-0.4, -0.2) is 35.5 Å². The fraction of sp³-hybridized carbons (Fsp3) is 0.500. The first-order chi connectivity index (χ1) is 14.1. The Kier molecular flexibility index (Phi) is 3.98. The summed E-state index contributed by atoms with van der Waals surface area (Å²) >= 11 is 0. The average Bonchev–Trinajstić information content (AvgIpc) is 3.46. The first kappa shape index (κ1) is 19.3. The summed E-state index contributed by atoms with van der Waals surface area (Å²) in [5.74, 6) is -3.30. The number of carbonyl (C=O) groups is 3. The van der Waals surface area contributed by atoms with Gasteiger partial charge in [-0.1, -0.05) is 30.4 Å². The maximum Gasteiger partial charge on any atom is 0.471 e. The maximum atomic E-state index is 13.4. The number of alkyl halides is 3. The molecule has 0 N–H and O–H groups in total. The second-order valence-electron chi connectivity index (χ2n) is 8.87. The molecule has 0 aromatic heterocycles. The highest BCUT2D eigenvalue weighted by Crippen LogP contribution is 2.65. The maximum absolute atomic E-state index is 13.4. The Morgan fingerprint density at radius 2 is 1.53 bits per heavy atom. The van der Waals surface area contributed by atoms with Crippen LogP contribution in [-0.2, 0) is 14.4 Å². The number of imide groups is 1. The summed E-state index contributed by atoms with van der Waals surface area (Å²) in [6, 6.07) is 4.88. The number of nitrogens with zero attached hydrogens (tertiary/aromatic N) is 2. The monoisotopic (exact) mass is 418 g/mol. The van der Waals surface area contributed by atoms with Gasteiger partial charge in [0, 0.05) is 0 Å². The van der Waals surface area contributed by atoms with Crippen LogP contribution in [0.15, 0.2) is 30.4 Å². The van der Waals surface area contributed by atoms with Gasteiger partial charge in [0.2, 0.25) is 11.8 Å². The number of allylic oxidation sites excluding steroid dienone is 2. The van der Waals surface area contributed by atoms with E-state index in [1.807, 2.05) is 12.2 Å². The van der Waals surface area contributed by atoms with Crippen LogP contribution in [0.5, 0.6) is 0 Å². The molecule has 0 spiro atoms. The van der Waals surface area contributed by atoms with E-state index in [1.165, 1.54) is 0 Å². The van der Waals surface area contributed by atoms with Gasteiger partial charge in [-0.15, -0.1) is 0 Å². The van der Waals surface area contributed by atoms with Gasteiger partial charge in [-0.3, -0.25) is 24.2 Å². The Bertz CT molecular complexity index is 946. The van der Waals surface area contributed by atoms with Crippen LogP contribution in [0.25, 0.3) is 0 Å². The summed E-state index contributed by atoms with van der Waals surface area (Å²) in [6.45, 7) is 2.48. The minimum Gasteiger partial charge on any atom is -0.285 e. The van der Waals surface area contributed by atoms with E-state index in [1.54, 1.807) is 32.0 Å². The third-order valence-corrected chi connectivity index (χ3v) is 7.23. The summed E-state index contributed by atoms with van der Waals surface area (Å²) in [4.78, 5) is 40.1. The van der Waals surface area contributed by atoms with Gasteiger partial charge in [0.1, 0.15) is 6.67 Å². The molecule has 6 rings (SSSR count). The lowest BCUT2D eigenvalue weighted by atomic mass is 9.63. The van der Waals surface area contributed by atoms with Gasteiger partial charge in [0.15, 0.2) is 0 Å². The lowest BCUT2D eigenvalue weighted by Gasteiger charge is -2.37. The zero-order valence-electron chi connectivity index (χ0n) is 16.5. The molecule has 5 nitrogen and oxygen atoms in total. The lowest BCUT2D eigenvalue weighted by Crippen LogP contribution is -2.50. The van der Waals surface area contributed by atoms with Crippen LogP contribution in [0.3, 0.4) is 0 Å². The number of carbonyl (C=O) groups excluding carboxylic acids is 3. The van der Waals surface area contributed by atoms with Gasteiger partial charge in [0.25, 0.3) is 0 Å². The largest absolute Gasteiger partial charge is 0.471 e. The summed E-state index contributed by atoms with van der Waals surface area (Å²) in [5.41, 5.74) is 1.01. The number of hydrogen-bond donors (Lipinski definition) is 0. The van der Waals surface area contributed by atoms with Crippen molar-refractivity contribution in [2.45, 2.75) is 26.4 Å². The number of anilines is 1. The quantitative estimate of drug-likeness (QED) is 0.560. The molecule has 158 valence electrons. The summed E-state index contributed by atoms with van der Waals surface area (Å²) in [7, 11) is 0. The molecule has 1 heterocycles. The van der Waals surface area contributed by atoms with Gasteiger partial charge in [-0.25, -0.2) is 0 Å². The number of hydrogen-bond acceptors (Lipinski definition) is 3. The first-order valence-corrected chi connectivity index (χ1v) is 10.1. The Hall–Kier alpha value is -2.64. The molecule has 4 aliphatic carbocycles. The summed E-state index contributed by atoms with van der Waals surface area (Å²) in [6.07, 6.45) is -0.135. The van der Waals surface area contributed by atoms with Crippen LogP contribution in [0.2, 0.25) is 0 Å². The molecule has 3 amide bonds. The first-order valence-electron chi connectivity index (χ1n) is 10.1. The second-order valence-corrected chi connectivity index (χ2v) is 8.87. The molecule has 3 fully saturated rings. The van der Waals surface area contributed by atoms with Crippen molar-refractivity contribution in [1.29, 1.82) is 0 Å². The molecule has 1 aromatic carbocycles. The Morgan fingerprint density at radius 1 is 1.03 bits per heavy atom. The highest BCUT2D eigenvalue weighted by atomic mass is 19.4. The molecule has 8 heteroatoms. The molecule has 1 aliphatic heterocycles. The van der Waals surface area contributed by atoms with Crippen LogP contribution in [0, 0.1) is 49.4 Å². The fourth-order valence-electron chi connectivity index (χ4n) is 5.92. The zero-order valence-corrected chi connectivity index (χ0v) is 16.5. The predicted molar refractivity (Wildman–Crippen MR) is 101 cm³/mol. The van der Waals surface area contributed by atoms with Gasteiger partial charge in [0.05, 0.1) is 17.5 Å². The molecule has 0 unspecified atom stereocenters. The Labute approximate surface area is 171 Å². The number of amides is 3. The number of rotatable bonds is 3. The van der Waals surface area contributed by atoms with E-state index >= 15 is 0 Å². The fourth-order valence-corrected chi connectivity index (χ4v) is 5.92. The molecule has 1 aromatic rings. The van der Waals surface area contributed by atoms with Crippen LogP contribution >= 0.6 is 0 Å². The SMILES string of the molecule is Cc1cccc(C)c1N(CN1C(=O)[C@@H]2[C@@H]3C=C[C@H]([C@@H]4C[C@H]34)[C@@H]2C1=O)C(=O)C(F)(F)F. The van der Waals surface area contributed by atoms with E-state index in [-0.39, 0.29) is 17.5 Å². The minimum atomic E-state index is -5.13. The molecular formula is C22H21F3N2O3. The summed E-state index contributed by atoms with van der Waals surface area (Å²) in [5, 5.41) is 0. The minimum absolute atomic E-state index is 0.0292. The number of likely N-dealkylation sites (tertiary alicyclic amines) is 1. The predicted octanol–water partition coefficient (Wildman–Crippen LogP) is 3.21. The van der Waals surface area contributed by atoms with Gasteiger partial charge < -0.3 is 0 Å². The second kappa shape index (κ2) is 6.18. The Morgan fingerprint density at radius 3 is 2.00 bits per heavy atom. The highest BCUT2D eigenvalue weighted by molar-refractivity contribution is 6.08. The van der Waals surface area contributed by atoms with E-state index < -0.39 is 42.4 Å². The van der Waals surface area contributed by atoms with E-state index in [9.17, 15) is 27.6 Å². The lowest BCUT2D eigenvalue weighted by molar-refractivity contribution is -0.171. The van der Waals surface area contributed by atoms with E-state index in [0.29, 0.717) is 27.9 Å². The topological polar surface area (TPSA) is 57.7 Å². The molecular weight excluding hydrogens is 397 g/mol. The normalized spacial score (nSPS) is 33.6.